The standard InChI is InChI=1S/C12H17Cl/c1-9(2)12(10(3)13)11-7-5-4-6-8-11/h4-10,12H,1-3H3. The van der Waals surface area contributed by atoms with Crippen LogP contribution in [0.1, 0.15) is 32.3 Å². The summed E-state index contributed by atoms with van der Waals surface area (Å²) in [6.45, 7) is 6.51. The van der Waals surface area contributed by atoms with E-state index in [0.29, 0.717) is 11.8 Å². The summed E-state index contributed by atoms with van der Waals surface area (Å²) in [5, 5.41) is 0.197. The number of rotatable bonds is 3. The first-order chi connectivity index (χ1) is 6.13. The van der Waals surface area contributed by atoms with E-state index in [0.717, 1.165) is 0 Å². The van der Waals surface area contributed by atoms with Crippen LogP contribution in [-0.2, 0) is 0 Å². The molecule has 0 radical (unpaired) electrons. The first kappa shape index (κ1) is 10.6. The van der Waals surface area contributed by atoms with Crippen molar-refractivity contribution in [2.24, 2.45) is 5.92 Å². The van der Waals surface area contributed by atoms with Crippen LogP contribution >= 0.6 is 11.6 Å². The Morgan fingerprint density at radius 2 is 1.54 bits per heavy atom. The highest BCUT2D eigenvalue weighted by Gasteiger charge is 2.20. The summed E-state index contributed by atoms with van der Waals surface area (Å²) in [5.41, 5.74) is 1.35. The van der Waals surface area contributed by atoms with E-state index in [9.17, 15) is 0 Å². The van der Waals surface area contributed by atoms with Gasteiger partial charge in [-0.15, -0.1) is 11.6 Å². The Morgan fingerprint density at radius 3 is 1.92 bits per heavy atom. The van der Waals surface area contributed by atoms with Crippen molar-refractivity contribution in [1.82, 2.24) is 0 Å². The minimum Gasteiger partial charge on any atom is -0.123 e. The third kappa shape index (κ3) is 2.73. The molecule has 0 heterocycles. The van der Waals surface area contributed by atoms with Gasteiger partial charge < -0.3 is 0 Å². The number of hydrogen-bond acceptors (Lipinski definition) is 0. The largest absolute Gasteiger partial charge is 0.123 e. The first-order valence-corrected chi connectivity index (χ1v) is 5.25. The summed E-state index contributed by atoms with van der Waals surface area (Å²) >= 11 is 6.17. The van der Waals surface area contributed by atoms with E-state index in [1.165, 1.54) is 5.56 Å². The number of hydrogen-bond donors (Lipinski definition) is 0. The Morgan fingerprint density at radius 1 is 1.00 bits per heavy atom. The molecule has 0 saturated heterocycles. The molecule has 0 nitrogen and oxygen atoms in total. The lowest BCUT2D eigenvalue weighted by atomic mass is 9.86. The van der Waals surface area contributed by atoms with Crippen molar-refractivity contribution < 1.29 is 0 Å². The molecule has 13 heavy (non-hydrogen) atoms. The lowest BCUT2D eigenvalue weighted by Crippen LogP contribution is -2.15. The van der Waals surface area contributed by atoms with Crippen LogP contribution in [0.5, 0.6) is 0 Å². The minimum absolute atomic E-state index is 0.197. The van der Waals surface area contributed by atoms with Crippen LogP contribution < -0.4 is 0 Å². The van der Waals surface area contributed by atoms with Crippen molar-refractivity contribution in [2.45, 2.75) is 32.1 Å². The third-order valence-corrected chi connectivity index (χ3v) is 2.67. The molecule has 0 aromatic heterocycles. The SMILES string of the molecule is CC(C)C(c1ccccc1)C(C)Cl. The second kappa shape index (κ2) is 4.66. The van der Waals surface area contributed by atoms with Gasteiger partial charge >= 0.3 is 0 Å². The predicted molar refractivity (Wildman–Crippen MR) is 59.3 cm³/mol. The average Bonchev–Trinajstić information content (AvgIpc) is 2.04. The Kier molecular flexibility index (Phi) is 3.80. The van der Waals surface area contributed by atoms with E-state index in [1.54, 1.807) is 0 Å². The predicted octanol–water partition coefficient (Wildman–Crippen LogP) is 4.05. The Labute approximate surface area is 85.9 Å². The van der Waals surface area contributed by atoms with Gasteiger partial charge in [-0.25, -0.2) is 0 Å². The maximum atomic E-state index is 6.17. The molecule has 1 aromatic rings. The molecule has 0 aliphatic heterocycles. The van der Waals surface area contributed by atoms with E-state index in [-0.39, 0.29) is 5.38 Å². The van der Waals surface area contributed by atoms with Gasteiger partial charge in [0.15, 0.2) is 0 Å². The van der Waals surface area contributed by atoms with Crippen LogP contribution in [0.3, 0.4) is 0 Å². The van der Waals surface area contributed by atoms with E-state index >= 15 is 0 Å². The molecule has 0 spiro atoms. The van der Waals surface area contributed by atoms with Crippen LogP contribution in [0, 0.1) is 5.92 Å². The summed E-state index contributed by atoms with van der Waals surface area (Å²) in [4.78, 5) is 0. The van der Waals surface area contributed by atoms with E-state index in [1.807, 2.05) is 6.07 Å². The number of halogens is 1. The summed E-state index contributed by atoms with van der Waals surface area (Å²) in [7, 11) is 0. The number of alkyl halides is 1. The van der Waals surface area contributed by atoms with Gasteiger partial charge in [-0.2, -0.15) is 0 Å². The minimum atomic E-state index is 0.197. The zero-order chi connectivity index (χ0) is 9.84. The van der Waals surface area contributed by atoms with Crippen molar-refractivity contribution in [2.75, 3.05) is 0 Å². The normalized spacial score (nSPS) is 15.8. The van der Waals surface area contributed by atoms with Gasteiger partial charge in [-0.3, -0.25) is 0 Å². The second-order valence-electron chi connectivity index (χ2n) is 3.86. The molecule has 0 aliphatic rings. The van der Waals surface area contributed by atoms with Gasteiger partial charge in [-0.1, -0.05) is 44.2 Å². The zero-order valence-electron chi connectivity index (χ0n) is 8.50. The van der Waals surface area contributed by atoms with Crippen molar-refractivity contribution in [3.8, 4) is 0 Å². The highest BCUT2D eigenvalue weighted by Crippen LogP contribution is 2.30. The van der Waals surface area contributed by atoms with Crippen molar-refractivity contribution in [1.29, 1.82) is 0 Å². The van der Waals surface area contributed by atoms with Gasteiger partial charge in [0.1, 0.15) is 0 Å². The Hall–Kier alpha value is -0.490. The zero-order valence-corrected chi connectivity index (χ0v) is 9.25. The van der Waals surface area contributed by atoms with Gasteiger partial charge in [-0.05, 0) is 18.4 Å². The molecule has 1 heteroatoms. The molecule has 1 aromatic carbocycles. The molecule has 0 bridgehead atoms. The van der Waals surface area contributed by atoms with E-state index in [4.69, 9.17) is 11.6 Å². The highest BCUT2D eigenvalue weighted by atomic mass is 35.5. The number of benzene rings is 1. The molecule has 0 aliphatic carbocycles. The fraction of sp³-hybridized carbons (Fsp3) is 0.500. The lowest BCUT2D eigenvalue weighted by Gasteiger charge is -2.23. The van der Waals surface area contributed by atoms with Gasteiger partial charge in [0.05, 0.1) is 0 Å². The summed E-state index contributed by atoms with van der Waals surface area (Å²) in [6, 6.07) is 10.5. The maximum Gasteiger partial charge on any atom is 0.0378 e. The monoisotopic (exact) mass is 196 g/mol. The molecule has 2 unspecified atom stereocenters. The average molecular weight is 197 g/mol. The molecule has 2 atom stereocenters. The summed E-state index contributed by atoms with van der Waals surface area (Å²) < 4.78 is 0. The van der Waals surface area contributed by atoms with Crippen LogP contribution in [0.4, 0.5) is 0 Å². The van der Waals surface area contributed by atoms with Crippen molar-refractivity contribution >= 4 is 11.6 Å². The molecular weight excluding hydrogens is 180 g/mol. The molecule has 0 amide bonds. The van der Waals surface area contributed by atoms with Crippen LogP contribution in [0.15, 0.2) is 30.3 Å². The second-order valence-corrected chi connectivity index (χ2v) is 4.55. The highest BCUT2D eigenvalue weighted by molar-refractivity contribution is 6.20. The van der Waals surface area contributed by atoms with Gasteiger partial charge in [0.25, 0.3) is 0 Å². The quantitative estimate of drug-likeness (QED) is 0.640. The molecule has 1 rings (SSSR count). The van der Waals surface area contributed by atoms with Crippen LogP contribution in [0.25, 0.3) is 0 Å². The molecule has 0 fully saturated rings. The Balaban J connectivity index is 2.89. The third-order valence-electron chi connectivity index (χ3n) is 2.40. The van der Waals surface area contributed by atoms with E-state index in [2.05, 4.69) is 45.0 Å². The lowest BCUT2D eigenvalue weighted by molar-refractivity contribution is 0.490. The maximum absolute atomic E-state index is 6.17. The molecule has 72 valence electrons. The van der Waals surface area contributed by atoms with Crippen molar-refractivity contribution in [3.05, 3.63) is 35.9 Å². The fourth-order valence-electron chi connectivity index (χ4n) is 1.86. The first-order valence-electron chi connectivity index (χ1n) is 4.82. The van der Waals surface area contributed by atoms with Crippen molar-refractivity contribution in [3.63, 3.8) is 0 Å². The molecule has 0 N–H and O–H groups in total. The molecular formula is C12H17Cl. The van der Waals surface area contributed by atoms with Gasteiger partial charge in [0.2, 0.25) is 0 Å². The van der Waals surface area contributed by atoms with Gasteiger partial charge in [0, 0.05) is 11.3 Å². The van der Waals surface area contributed by atoms with E-state index < -0.39 is 0 Å². The van der Waals surface area contributed by atoms with Crippen LogP contribution in [-0.4, -0.2) is 5.38 Å². The Bertz CT molecular complexity index is 231. The fourth-order valence-corrected chi connectivity index (χ4v) is 2.29. The van der Waals surface area contributed by atoms with Crippen LogP contribution in [0.2, 0.25) is 0 Å². The summed E-state index contributed by atoms with van der Waals surface area (Å²) in [6.07, 6.45) is 0. The topological polar surface area (TPSA) is 0 Å². The summed E-state index contributed by atoms with van der Waals surface area (Å²) in [5.74, 6) is 1.05. The molecule has 0 saturated carbocycles. The smallest absolute Gasteiger partial charge is 0.0378 e.